The van der Waals surface area contributed by atoms with Crippen LogP contribution < -0.4 is 9.47 Å². The van der Waals surface area contributed by atoms with Crippen molar-refractivity contribution in [2.45, 2.75) is 13.5 Å². The lowest BCUT2D eigenvalue weighted by Crippen LogP contribution is -2.06. The number of aliphatic hydroxyl groups is 2. The van der Waals surface area contributed by atoms with Gasteiger partial charge in [0.1, 0.15) is 6.61 Å². The number of benzene rings is 1. The van der Waals surface area contributed by atoms with E-state index in [4.69, 9.17) is 19.7 Å². The van der Waals surface area contributed by atoms with Gasteiger partial charge in [0.15, 0.2) is 11.5 Å². The van der Waals surface area contributed by atoms with E-state index in [1.54, 1.807) is 18.2 Å². The van der Waals surface area contributed by atoms with E-state index in [0.29, 0.717) is 23.7 Å². The summed E-state index contributed by atoms with van der Waals surface area (Å²) in [6.07, 6.45) is 0. The number of rotatable bonds is 6. The lowest BCUT2D eigenvalue weighted by Gasteiger charge is -2.14. The molecule has 1 aromatic rings. The average Bonchev–Trinajstić information content (AvgIpc) is 2.27. The molecule has 0 radical (unpaired) electrons. The first kappa shape index (κ1) is 11.8. The fraction of sp³-hybridized carbons (Fsp3) is 0.455. The molecule has 84 valence electrons. The lowest BCUT2D eigenvalue weighted by molar-refractivity contribution is 0.188. The third-order valence-electron chi connectivity index (χ3n) is 1.87. The minimum atomic E-state index is -0.109. The van der Waals surface area contributed by atoms with Gasteiger partial charge >= 0.3 is 0 Å². The van der Waals surface area contributed by atoms with Gasteiger partial charge in [-0.05, 0) is 13.0 Å². The Labute approximate surface area is 89.1 Å². The van der Waals surface area contributed by atoms with Gasteiger partial charge in [0, 0.05) is 5.56 Å². The predicted octanol–water partition coefficient (Wildman–Crippen LogP) is 0.949. The van der Waals surface area contributed by atoms with Crippen molar-refractivity contribution in [2.75, 3.05) is 19.8 Å². The summed E-state index contributed by atoms with van der Waals surface area (Å²) in [4.78, 5) is 0. The summed E-state index contributed by atoms with van der Waals surface area (Å²) in [5.74, 6) is 1.11. The molecular weight excluding hydrogens is 196 g/mol. The minimum absolute atomic E-state index is 0.0642. The van der Waals surface area contributed by atoms with Gasteiger partial charge in [-0.1, -0.05) is 12.1 Å². The third kappa shape index (κ3) is 3.11. The summed E-state index contributed by atoms with van der Waals surface area (Å²) in [7, 11) is 0. The number of para-hydroxylation sites is 1. The smallest absolute Gasteiger partial charge is 0.166 e. The van der Waals surface area contributed by atoms with Gasteiger partial charge in [-0.3, -0.25) is 0 Å². The first-order valence-electron chi connectivity index (χ1n) is 4.92. The summed E-state index contributed by atoms with van der Waals surface area (Å²) in [6, 6.07) is 5.33. The van der Waals surface area contributed by atoms with E-state index >= 15 is 0 Å². The summed E-state index contributed by atoms with van der Waals surface area (Å²) >= 11 is 0. The molecular formula is C11H16O4. The van der Waals surface area contributed by atoms with Crippen LogP contribution in [-0.4, -0.2) is 30.0 Å². The summed E-state index contributed by atoms with van der Waals surface area (Å²) in [5.41, 5.74) is 0.661. The third-order valence-corrected chi connectivity index (χ3v) is 1.87. The van der Waals surface area contributed by atoms with Crippen LogP contribution in [0.15, 0.2) is 18.2 Å². The van der Waals surface area contributed by atoms with Crippen molar-refractivity contribution in [3.63, 3.8) is 0 Å². The van der Waals surface area contributed by atoms with E-state index < -0.39 is 0 Å². The number of hydrogen-bond donors (Lipinski definition) is 2. The highest BCUT2D eigenvalue weighted by atomic mass is 16.5. The molecule has 0 amide bonds. The molecule has 0 aliphatic rings. The molecule has 4 nitrogen and oxygen atoms in total. The van der Waals surface area contributed by atoms with Crippen LogP contribution in [0.25, 0.3) is 0 Å². The Hall–Kier alpha value is -1.26. The second-order valence-electron chi connectivity index (χ2n) is 2.91. The topological polar surface area (TPSA) is 58.9 Å². The standard InChI is InChI=1S/C11H16O4/c1-2-14-10-5-3-4-9(8-13)11(10)15-7-6-12/h3-5,12-13H,2,6-8H2,1H3. The molecule has 1 rings (SSSR count). The van der Waals surface area contributed by atoms with E-state index in [2.05, 4.69) is 0 Å². The summed E-state index contributed by atoms with van der Waals surface area (Å²) in [5, 5.41) is 17.8. The van der Waals surface area contributed by atoms with Crippen LogP contribution in [0, 0.1) is 0 Å². The maximum absolute atomic E-state index is 9.11. The van der Waals surface area contributed by atoms with Crippen LogP contribution in [-0.2, 0) is 6.61 Å². The van der Waals surface area contributed by atoms with Crippen molar-refractivity contribution >= 4 is 0 Å². The fourth-order valence-corrected chi connectivity index (χ4v) is 1.27. The normalized spacial score (nSPS) is 10.1. The first-order valence-corrected chi connectivity index (χ1v) is 4.92. The maximum atomic E-state index is 9.11. The van der Waals surface area contributed by atoms with Gasteiger partial charge in [-0.25, -0.2) is 0 Å². The Morgan fingerprint density at radius 3 is 2.60 bits per heavy atom. The van der Waals surface area contributed by atoms with Crippen LogP contribution in [0.5, 0.6) is 11.5 Å². The molecule has 0 saturated carbocycles. The van der Waals surface area contributed by atoms with Gasteiger partial charge in [-0.15, -0.1) is 0 Å². The van der Waals surface area contributed by atoms with E-state index in [-0.39, 0.29) is 19.8 Å². The monoisotopic (exact) mass is 212 g/mol. The highest BCUT2D eigenvalue weighted by Crippen LogP contribution is 2.31. The minimum Gasteiger partial charge on any atom is -0.490 e. The molecule has 0 bridgehead atoms. The van der Waals surface area contributed by atoms with Gasteiger partial charge in [0.05, 0.1) is 19.8 Å². The lowest BCUT2D eigenvalue weighted by atomic mass is 10.2. The van der Waals surface area contributed by atoms with Crippen LogP contribution in [0.2, 0.25) is 0 Å². The van der Waals surface area contributed by atoms with E-state index in [0.717, 1.165) is 0 Å². The van der Waals surface area contributed by atoms with Crippen molar-refractivity contribution in [3.8, 4) is 11.5 Å². The highest BCUT2D eigenvalue weighted by Gasteiger charge is 2.09. The SMILES string of the molecule is CCOc1cccc(CO)c1OCCO. The number of ether oxygens (including phenoxy) is 2. The molecule has 0 spiro atoms. The predicted molar refractivity (Wildman–Crippen MR) is 56.1 cm³/mol. The molecule has 0 unspecified atom stereocenters. The van der Waals surface area contributed by atoms with Crippen LogP contribution in [0.4, 0.5) is 0 Å². The Balaban J connectivity index is 2.92. The first-order chi connectivity index (χ1) is 7.33. The summed E-state index contributed by atoms with van der Waals surface area (Å²) in [6.45, 7) is 2.43. The molecule has 4 heteroatoms. The molecule has 2 N–H and O–H groups in total. The molecule has 0 saturated heterocycles. The van der Waals surface area contributed by atoms with Crippen molar-refractivity contribution < 1.29 is 19.7 Å². The fourth-order valence-electron chi connectivity index (χ4n) is 1.27. The highest BCUT2D eigenvalue weighted by molar-refractivity contribution is 5.46. The van der Waals surface area contributed by atoms with E-state index in [9.17, 15) is 0 Å². The quantitative estimate of drug-likeness (QED) is 0.737. The van der Waals surface area contributed by atoms with Gasteiger partial charge in [-0.2, -0.15) is 0 Å². The van der Waals surface area contributed by atoms with Gasteiger partial charge < -0.3 is 19.7 Å². The second-order valence-corrected chi connectivity index (χ2v) is 2.91. The Morgan fingerprint density at radius 1 is 1.20 bits per heavy atom. The largest absolute Gasteiger partial charge is 0.490 e. The molecule has 0 aliphatic heterocycles. The zero-order valence-corrected chi connectivity index (χ0v) is 8.77. The van der Waals surface area contributed by atoms with Crippen LogP contribution in [0.3, 0.4) is 0 Å². The Morgan fingerprint density at radius 2 is 2.00 bits per heavy atom. The molecule has 0 aliphatic carbocycles. The molecule has 1 aromatic carbocycles. The van der Waals surface area contributed by atoms with E-state index in [1.807, 2.05) is 6.92 Å². The van der Waals surface area contributed by atoms with Crippen molar-refractivity contribution in [1.29, 1.82) is 0 Å². The zero-order valence-electron chi connectivity index (χ0n) is 8.77. The average molecular weight is 212 g/mol. The molecule has 0 aromatic heterocycles. The Bertz CT molecular complexity index is 299. The van der Waals surface area contributed by atoms with Crippen molar-refractivity contribution in [2.24, 2.45) is 0 Å². The molecule has 0 fully saturated rings. The van der Waals surface area contributed by atoms with Crippen molar-refractivity contribution in [3.05, 3.63) is 23.8 Å². The van der Waals surface area contributed by atoms with Gasteiger partial charge in [0.2, 0.25) is 0 Å². The number of aliphatic hydroxyl groups excluding tert-OH is 2. The zero-order chi connectivity index (χ0) is 11.1. The maximum Gasteiger partial charge on any atom is 0.166 e. The van der Waals surface area contributed by atoms with E-state index in [1.165, 1.54) is 0 Å². The number of hydrogen-bond acceptors (Lipinski definition) is 4. The van der Waals surface area contributed by atoms with Gasteiger partial charge in [0.25, 0.3) is 0 Å². The second kappa shape index (κ2) is 6.27. The summed E-state index contributed by atoms with van der Waals surface area (Å²) < 4.78 is 10.7. The molecule has 15 heavy (non-hydrogen) atoms. The molecule has 0 atom stereocenters. The van der Waals surface area contributed by atoms with Crippen LogP contribution in [0.1, 0.15) is 12.5 Å². The Kier molecular flexibility index (Phi) is 4.93. The molecule has 0 heterocycles. The van der Waals surface area contributed by atoms with Crippen molar-refractivity contribution in [1.82, 2.24) is 0 Å². The van der Waals surface area contributed by atoms with Crippen LogP contribution >= 0.6 is 0 Å².